The third-order valence-electron chi connectivity index (χ3n) is 4.99. The standard InChI is InChI=1S/C25H40Cl2N6O4S/c1-5-21(22-16-23(18-32(4)17-22)24(27)14-19(2)26)15-20(3)33(34)38-31-7-9-36-11-13-37-12-10-35-8-6-30-25(28)29/h5,14-16,22,31,34H,1-3,6-13,17-18H2,4H3,(H4,28,29,30)/b21-15+,24-14+. The van der Waals surface area contributed by atoms with Crippen molar-refractivity contribution in [2.45, 2.75) is 0 Å². The van der Waals surface area contributed by atoms with Gasteiger partial charge in [0.2, 0.25) is 0 Å². The molecule has 1 atom stereocenters. The van der Waals surface area contributed by atoms with Gasteiger partial charge in [0.1, 0.15) is 0 Å². The number of hydrogen-bond donors (Lipinski definition) is 5. The lowest BCUT2D eigenvalue weighted by atomic mass is 9.91. The van der Waals surface area contributed by atoms with Crippen molar-refractivity contribution in [1.82, 2.24) is 19.4 Å². The van der Waals surface area contributed by atoms with Crippen LogP contribution in [0.5, 0.6) is 0 Å². The molecule has 0 aromatic heterocycles. The van der Waals surface area contributed by atoms with Crippen molar-refractivity contribution in [3.63, 3.8) is 0 Å². The van der Waals surface area contributed by atoms with E-state index < -0.39 is 0 Å². The van der Waals surface area contributed by atoms with Gasteiger partial charge in [0.15, 0.2) is 5.96 Å². The summed E-state index contributed by atoms with van der Waals surface area (Å²) in [5, 5.41) is 20.9. The minimum atomic E-state index is -0.0739. The van der Waals surface area contributed by atoms with Crippen LogP contribution in [0.15, 0.2) is 70.9 Å². The Morgan fingerprint density at radius 2 is 1.79 bits per heavy atom. The fourth-order valence-electron chi connectivity index (χ4n) is 3.27. The molecule has 0 fully saturated rings. The highest BCUT2D eigenvalue weighted by molar-refractivity contribution is 7.95. The minimum Gasteiger partial charge on any atom is -0.378 e. The molecule has 38 heavy (non-hydrogen) atoms. The van der Waals surface area contributed by atoms with Crippen molar-refractivity contribution in [1.29, 1.82) is 5.41 Å². The van der Waals surface area contributed by atoms with Crippen molar-refractivity contribution >= 4 is 41.3 Å². The van der Waals surface area contributed by atoms with Crippen molar-refractivity contribution in [3.8, 4) is 0 Å². The Bertz CT molecular complexity index is 884. The predicted octanol–water partition coefficient (Wildman–Crippen LogP) is 3.35. The lowest BCUT2D eigenvalue weighted by Gasteiger charge is -2.30. The van der Waals surface area contributed by atoms with Gasteiger partial charge in [0.25, 0.3) is 0 Å². The van der Waals surface area contributed by atoms with E-state index in [-0.39, 0.29) is 11.9 Å². The second-order valence-electron chi connectivity index (χ2n) is 8.21. The van der Waals surface area contributed by atoms with E-state index in [1.54, 1.807) is 18.2 Å². The van der Waals surface area contributed by atoms with Crippen LogP contribution in [0.3, 0.4) is 0 Å². The smallest absolute Gasteiger partial charge is 0.185 e. The molecule has 0 spiro atoms. The summed E-state index contributed by atoms with van der Waals surface area (Å²) in [5.41, 5.74) is 7.40. The van der Waals surface area contributed by atoms with Crippen molar-refractivity contribution in [3.05, 3.63) is 70.9 Å². The number of ether oxygens (including phenoxy) is 3. The molecule has 0 aliphatic carbocycles. The number of nitrogens with zero attached hydrogens (tertiary/aromatic N) is 2. The van der Waals surface area contributed by atoms with Crippen LogP contribution in [0, 0.1) is 11.3 Å². The van der Waals surface area contributed by atoms with Gasteiger partial charge in [-0.1, -0.05) is 55.1 Å². The number of nitrogens with one attached hydrogen (secondary N) is 3. The quantitative estimate of drug-likeness (QED) is 0.0359. The second-order valence-corrected chi connectivity index (χ2v) is 9.92. The number of allylic oxidation sites excluding steroid dienone is 4. The first-order chi connectivity index (χ1) is 18.1. The molecule has 0 saturated heterocycles. The SMILES string of the molecule is C=C/C(=C\C(=C)N(O)SNCCOCCOCCOCCNC(=N)N)C1C=C(/C(Cl)=C\C(=C)Cl)CN(C)C1. The van der Waals surface area contributed by atoms with Gasteiger partial charge in [-0.25, -0.2) is 4.72 Å². The number of rotatable bonds is 20. The average molecular weight is 592 g/mol. The van der Waals surface area contributed by atoms with Crippen molar-refractivity contribution < 1.29 is 19.4 Å². The summed E-state index contributed by atoms with van der Waals surface area (Å²) in [7, 11) is 2.01. The molecule has 1 heterocycles. The van der Waals surface area contributed by atoms with E-state index in [1.807, 2.05) is 7.05 Å². The van der Waals surface area contributed by atoms with Gasteiger partial charge < -0.3 is 30.2 Å². The van der Waals surface area contributed by atoms with Gasteiger partial charge in [0.05, 0.1) is 57.5 Å². The first-order valence-corrected chi connectivity index (χ1v) is 13.5. The van der Waals surface area contributed by atoms with Gasteiger partial charge in [-0.2, -0.15) is 4.47 Å². The highest BCUT2D eigenvalue weighted by Crippen LogP contribution is 2.29. The van der Waals surface area contributed by atoms with Crippen molar-refractivity contribution in [2.75, 3.05) is 72.9 Å². The maximum absolute atomic E-state index is 10.3. The fourth-order valence-corrected chi connectivity index (χ4v) is 4.16. The van der Waals surface area contributed by atoms with Gasteiger partial charge >= 0.3 is 0 Å². The summed E-state index contributed by atoms with van der Waals surface area (Å²) in [5.74, 6) is -0.0590. The average Bonchev–Trinajstić information content (AvgIpc) is 2.86. The second kappa shape index (κ2) is 20.2. The van der Waals surface area contributed by atoms with Crippen LogP contribution in [0.1, 0.15) is 0 Å². The molecule has 10 nitrogen and oxygen atoms in total. The molecule has 0 aromatic carbocycles. The topological polar surface area (TPSA) is 128 Å². The van der Waals surface area contributed by atoms with Crippen LogP contribution in [0.4, 0.5) is 0 Å². The van der Waals surface area contributed by atoms with Gasteiger partial charge in [0, 0.05) is 42.2 Å². The zero-order valence-corrected chi connectivity index (χ0v) is 24.2. The van der Waals surface area contributed by atoms with Gasteiger partial charge in [-0.05, 0) is 30.3 Å². The molecular weight excluding hydrogens is 551 g/mol. The molecule has 214 valence electrons. The first kappa shape index (κ1) is 34.2. The summed E-state index contributed by atoms with van der Waals surface area (Å²) in [6.45, 7) is 16.7. The molecule has 0 amide bonds. The normalized spacial score (nSPS) is 16.6. The Labute approximate surface area is 240 Å². The third-order valence-corrected chi connectivity index (χ3v) is 6.19. The summed E-state index contributed by atoms with van der Waals surface area (Å²) < 4.78 is 20.2. The molecule has 0 bridgehead atoms. The molecule has 6 N–H and O–H groups in total. The zero-order chi connectivity index (χ0) is 28.3. The predicted molar refractivity (Wildman–Crippen MR) is 157 cm³/mol. The Hall–Kier alpha value is -1.80. The summed E-state index contributed by atoms with van der Waals surface area (Å²) >= 11 is 13.3. The zero-order valence-electron chi connectivity index (χ0n) is 21.9. The molecule has 1 unspecified atom stereocenters. The number of hydroxylamine groups is 1. The van der Waals surface area contributed by atoms with Crippen LogP contribution in [-0.4, -0.2) is 93.4 Å². The fraction of sp³-hybridized carbons (Fsp3) is 0.480. The number of halogens is 2. The molecular formula is C25H40Cl2N6O4S. The minimum absolute atomic E-state index is 0.0148. The summed E-state index contributed by atoms with van der Waals surface area (Å²) in [6.07, 6.45) is 7.25. The van der Waals surface area contributed by atoms with E-state index in [0.29, 0.717) is 75.0 Å². The maximum atomic E-state index is 10.3. The Balaban J connectivity index is 2.30. The number of hydrogen-bond acceptors (Lipinski definition) is 9. The number of likely N-dealkylation sites (N-methyl/N-ethyl adjacent to an activating group) is 1. The maximum Gasteiger partial charge on any atom is 0.185 e. The van der Waals surface area contributed by atoms with E-state index >= 15 is 0 Å². The molecule has 13 heteroatoms. The molecule has 0 saturated carbocycles. The van der Waals surface area contributed by atoms with Crippen LogP contribution in [0.2, 0.25) is 0 Å². The van der Waals surface area contributed by atoms with Gasteiger partial charge in [-0.3, -0.25) is 10.6 Å². The van der Waals surface area contributed by atoms with E-state index in [1.165, 1.54) is 0 Å². The molecule has 0 aromatic rings. The van der Waals surface area contributed by atoms with Crippen LogP contribution in [0.25, 0.3) is 0 Å². The summed E-state index contributed by atoms with van der Waals surface area (Å²) in [4.78, 5) is 2.15. The molecule has 1 rings (SSSR count). The molecule has 1 aliphatic rings. The Morgan fingerprint density at radius 1 is 1.18 bits per heavy atom. The van der Waals surface area contributed by atoms with E-state index in [2.05, 4.69) is 40.8 Å². The van der Waals surface area contributed by atoms with Crippen molar-refractivity contribution in [2.24, 2.45) is 11.7 Å². The van der Waals surface area contributed by atoms with Crippen LogP contribution >= 0.6 is 35.3 Å². The first-order valence-electron chi connectivity index (χ1n) is 12.0. The monoisotopic (exact) mass is 590 g/mol. The van der Waals surface area contributed by atoms with E-state index in [4.69, 9.17) is 48.6 Å². The molecule has 1 aliphatic heterocycles. The number of guanidine groups is 1. The highest BCUT2D eigenvalue weighted by atomic mass is 35.5. The van der Waals surface area contributed by atoms with Gasteiger partial charge in [-0.15, -0.1) is 0 Å². The summed E-state index contributed by atoms with van der Waals surface area (Å²) in [6, 6.07) is 0. The largest absolute Gasteiger partial charge is 0.378 e. The van der Waals surface area contributed by atoms with E-state index in [0.717, 1.165) is 34.3 Å². The Morgan fingerprint density at radius 3 is 2.37 bits per heavy atom. The van der Waals surface area contributed by atoms with E-state index in [9.17, 15) is 5.21 Å². The highest BCUT2D eigenvalue weighted by Gasteiger charge is 2.21. The van der Waals surface area contributed by atoms with Crippen LogP contribution in [-0.2, 0) is 14.2 Å². The molecule has 0 radical (unpaired) electrons. The third kappa shape index (κ3) is 15.6. The lowest BCUT2D eigenvalue weighted by Crippen LogP contribution is -2.33. The Kier molecular flexibility index (Phi) is 18.2. The van der Waals surface area contributed by atoms with Crippen LogP contribution < -0.4 is 15.8 Å². The number of nitrogens with two attached hydrogens (primary N) is 1. The lowest BCUT2D eigenvalue weighted by molar-refractivity contribution is 0.0165.